The van der Waals surface area contributed by atoms with Crippen LogP contribution in [0, 0.1) is 6.92 Å². The molecule has 1 nitrogen and oxygen atoms in total. The lowest BCUT2D eigenvalue weighted by molar-refractivity contribution is 0.949. The highest BCUT2D eigenvalue weighted by molar-refractivity contribution is 5.76. The zero-order valence-electron chi connectivity index (χ0n) is 12.9. The van der Waals surface area contributed by atoms with Gasteiger partial charge >= 0.3 is 0 Å². The Morgan fingerprint density at radius 1 is 1.20 bits per heavy atom. The average molecular weight is 267 g/mol. The molecule has 0 N–H and O–H groups in total. The molecule has 1 aliphatic rings. The highest BCUT2D eigenvalue weighted by atomic mass is 15.1. The molecule has 0 radical (unpaired) electrons. The molecule has 0 amide bonds. The molecule has 1 aliphatic heterocycles. The van der Waals surface area contributed by atoms with Crippen LogP contribution in [0.3, 0.4) is 0 Å². The largest absolute Gasteiger partial charge is 0.371 e. The van der Waals surface area contributed by atoms with Gasteiger partial charge in [-0.25, -0.2) is 0 Å². The van der Waals surface area contributed by atoms with E-state index in [2.05, 4.69) is 61.8 Å². The van der Waals surface area contributed by atoms with E-state index in [0.29, 0.717) is 0 Å². The van der Waals surface area contributed by atoms with Gasteiger partial charge in [-0.2, -0.15) is 0 Å². The van der Waals surface area contributed by atoms with Crippen LogP contribution in [0.25, 0.3) is 5.57 Å². The number of anilines is 1. The van der Waals surface area contributed by atoms with Crippen LogP contribution in [0.2, 0.25) is 0 Å². The summed E-state index contributed by atoms with van der Waals surface area (Å²) in [7, 11) is 0. The van der Waals surface area contributed by atoms with E-state index >= 15 is 0 Å². The maximum absolute atomic E-state index is 3.92. The van der Waals surface area contributed by atoms with Gasteiger partial charge in [0.1, 0.15) is 0 Å². The van der Waals surface area contributed by atoms with Gasteiger partial charge < -0.3 is 4.90 Å². The van der Waals surface area contributed by atoms with Crippen molar-refractivity contribution < 1.29 is 0 Å². The fourth-order valence-corrected chi connectivity index (χ4v) is 2.74. The van der Waals surface area contributed by atoms with Crippen molar-refractivity contribution in [3.8, 4) is 0 Å². The van der Waals surface area contributed by atoms with E-state index in [1.165, 1.54) is 48.3 Å². The van der Waals surface area contributed by atoms with Crippen molar-refractivity contribution in [2.24, 2.45) is 0 Å². The molecule has 1 fully saturated rings. The smallest absolute Gasteiger partial charge is 0.0396 e. The Balaban J connectivity index is 2.25. The summed E-state index contributed by atoms with van der Waals surface area (Å²) in [4.78, 5) is 2.50. The molecule has 1 heteroatoms. The van der Waals surface area contributed by atoms with E-state index in [1.54, 1.807) is 0 Å². The summed E-state index contributed by atoms with van der Waals surface area (Å²) < 4.78 is 0. The zero-order valence-corrected chi connectivity index (χ0v) is 12.9. The highest BCUT2D eigenvalue weighted by Crippen LogP contribution is 2.27. The van der Waals surface area contributed by atoms with Crippen molar-refractivity contribution in [1.29, 1.82) is 0 Å². The maximum Gasteiger partial charge on any atom is 0.0396 e. The van der Waals surface area contributed by atoms with Gasteiger partial charge in [0.15, 0.2) is 0 Å². The molecule has 0 aliphatic carbocycles. The van der Waals surface area contributed by atoms with Gasteiger partial charge in [0, 0.05) is 18.8 Å². The third-order valence-corrected chi connectivity index (χ3v) is 3.84. The number of rotatable bonds is 4. The topological polar surface area (TPSA) is 3.24 Å². The molecule has 0 aromatic heterocycles. The van der Waals surface area contributed by atoms with Gasteiger partial charge in [-0.05, 0) is 62.4 Å². The van der Waals surface area contributed by atoms with Crippen molar-refractivity contribution in [2.45, 2.75) is 33.6 Å². The van der Waals surface area contributed by atoms with E-state index in [-0.39, 0.29) is 0 Å². The minimum atomic E-state index is 1.08. The molecular weight excluding hydrogens is 242 g/mol. The van der Waals surface area contributed by atoms with Crippen LogP contribution in [-0.4, -0.2) is 13.1 Å². The Morgan fingerprint density at radius 3 is 2.45 bits per heavy atom. The minimum absolute atomic E-state index is 1.08. The van der Waals surface area contributed by atoms with E-state index in [0.717, 1.165) is 5.57 Å². The molecule has 1 aromatic rings. The first-order valence-corrected chi connectivity index (χ1v) is 7.47. The van der Waals surface area contributed by atoms with E-state index in [4.69, 9.17) is 0 Å². The summed E-state index contributed by atoms with van der Waals surface area (Å²) >= 11 is 0. The van der Waals surface area contributed by atoms with Crippen LogP contribution in [0.5, 0.6) is 0 Å². The Kier molecular flexibility index (Phi) is 4.84. The second-order valence-electron chi connectivity index (χ2n) is 5.62. The zero-order chi connectivity index (χ0) is 14.5. The van der Waals surface area contributed by atoms with Gasteiger partial charge in [-0.3, -0.25) is 0 Å². The van der Waals surface area contributed by atoms with Crippen LogP contribution in [0.1, 0.15) is 37.8 Å². The predicted molar refractivity (Wildman–Crippen MR) is 90.2 cm³/mol. The predicted octanol–water partition coefficient (Wildman–Crippen LogP) is 5.13. The van der Waals surface area contributed by atoms with Gasteiger partial charge in [0.25, 0.3) is 0 Å². The van der Waals surface area contributed by atoms with Crippen molar-refractivity contribution in [3.05, 3.63) is 59.7 Å². The molecule has 0 spiro atoms. The Labute approximate surface area is 123 Å². The Hall–Kier alpha value is -1.76. The van der Waals surface area contributed by atoms with Crippen molar-refractivity contribution >= 4 is 11.3 Å². The molecule has 1 aromatic carbocycles. The molecule has 2 rings (SSSR count). The van der Waals surface area contributed by atoms with Crippen molar-refractivity contribution in [3.63, 3.8) is 0 Å². The second kappa shape index (κ2) is 6.60. The number of benzene rings is 1. The van der Waals surface area contributed by atoms with E-state index < -0.39 is 0 Å². The summed E-state index contributed by atoms with van der Waals surface area (Å²) in [6.45, 7) is 12.6. The molecule has 0 bridgehead atoms. The first-order chi connectivity index (χ1) is 9.61. The highest BCUT2D eigenvalue weighted by Gasteiger charge is 2.14. The number of hydrogen-bond acceptors (Lipinski definition) is 1. The van der Waals surface area contributed by atoms with Crippen LogP contribution < -0.4 is 4.90 Å². The van der Waals surface area contributed by atoms with E-state index in [9.17, 15) is 0 Å². The molecular formula is C19H25N. The van der Waals surface area contributed by atoms with Gasteiger partial charge in [-0.1, -0.05) is 36.4 Å². The summed E-state index contributed by atoms with van der Waals surface area (Å²) in [6.07, 6.45) is 9.01. The maximum atomic E-state index is 3.92. The van der Waals surface area contributed by atoms with Crippen LogP contribution in [0.15, 0.2) is 48.6 Å². The van der Waals surface area contributed by atoms with Crippen LogP contribution in [-0.2, 0) is 0 Å². The Bertz CT molecular complexity index is 543. The summed E-state index contributed by atoms with van der Waals surface area (Å²) in [5.41, 5.74) is 6.38. The normalized spacial score (nSPS) is 16.1. The number of allylic oxidation sites excluding steroid dienone is 5. The molecule has 1 heterocycles. The Morgan fingerprint density at radius 2 is 1.90 bits per heavy atom. The van der Waals surface area contributed by atoms with Crippen molar-refractivity contribution in [1.82, 2.24) is 0 Å². The quantitative estimate of drug-likeness (QED) is 0.683. The third kappa shape index (κ3) is 3.41. The summed E-state index contributed by atoms with van der Waals surface area (Å²) in [6, 6.07) is 6.80. The molecule has 0 unspecified atom stereocenters. The van der Waals surface area contributed by atoms with Crippen LogP contribution >= 0.6 is 0 Å². The SMILES string of the molecule is C=C(C)/C=C\C(=C/C)c1ccc(N2CCCC2)c(C)c1. The van der Waals surface area contributed by atoms with Crippen molar-refractivity contribution in [2.75, 3.05) is 18.0 Å². The molecule has 0 atom stereocenters. The number of nitrogens with zero attached hydrogens (tertiary/aromatic N) is 1. The third-order valence-electron chi connectivity index (χ3n) is 3.84. The number of hydrogen-bond donors (Lipinski definition) is 0. The van der Waals surface area contributed by atoms with Gasteiger partial charge in [-0.15, -0.1) is 0 Å². The average Bonchev–Trinajstić information content (AvgIpc) is 2.93. The lowest BCUT2D eigenvalue weighted by Crippen LogP contribution is -2.18. The molecule has 106 valence electrons. The lowest BCUT2D eigenvalue weighted by Gasteiger charge is -2.20. The van der Waals surface area contributed by atoms with Gasteiger partial charge in [0.05, 0.1) is 0 Å². The second-order valence-corrected chi connectivity index (χ2v) is 5.62. The van der Waals surface area contributed by atoms with Crippen LogP contribution in [0.4, 0.5) is 5.69 Å². The summed E-state index contributed by atoms with van der Waals surface area (Å²) in [5.74, 6) is 0. The van der Waals surface area contributed by atoms with Gasteiger partial charge in [0.2, 0.25) is 0 Å². The minimum Gasteiger partial charge on any atom is -0.371 e. The summed E-state index contributed by atoms with van der Waals surface area (Å²) in [5, 5.41) is 0. The molecule has 1 saturated heterocycles. The first-order valence-electron chi connectivity index (χ1n) is 7.47. The fraction of sp³-hybridized carbons (Fsp3) is 0.368. The first kappa shape index (κ1) is 14.6. The molecule has 20 heavy (non-hydrogen) atoms. The lowest BCUT2D eigenvalue weighted by atomic mass is 10.0. The monoisotopic (exact) mass is 267 g/mol. The molecule has 0 saturated carbocycles. The fourth-order valence-electron chi connectivity index (χ4n) is 2.74. The van der Waals surface area contributed by atoms with E-state index in [1.807, 2.05) is 6.92 Å². The standard InChI is InChI=1S/C19H25N/c1-5-17(9-8-15(2)3)18-10-11-19(16(4)14-18)20-12-6-7-13-20/h5,8-11,14H,2,6-7,12-13H2,1,3-4H3/b9-8-,17-5+. The number of aryl methyl sites for hydroxylation is 1.